The number of carbonyl (C=O) groups is 1. The van der Waals surface area contributed by atoms with Crippen LogP contribution in [0, 0.1) is 10.1 Å². The number of aromatic nitrogens is 1. The maximum atomic E-state index is 13.5. The summed E-state index contributed by atoms with van der Waals surface area (Å²) in [5.74, 6) is -0.549. The molecular formula is C22H21F3N4O3. The second-order valence-electron chi connectivity index (χ2n) is 7.35. The number of H-pyrrole nitrogens is 1. The van der Waals surface area contributed by atoms with E-state index in [-0.39, 0.29) is 33.8 Å². The van der Waals surface area contributed by atoms with Crippen LogP contribution in [0.3, 0.4) is 0 Å². The van der Waals surface area contributed by atoms with Gasteiger partial charge in [0.15, 0.2) is 0 Å². The number of nitrogens with zero attached hydrogens (tertiary/aromatic N) is 2. The van der Waals surface area contributed by atoms with Gasteiger partial charge in [-0.2, -0.15) is 13.2 Å². The molecule has 2 aromatic carbocycles. The smallest absolute Gasteiger partial charge is 0.354 e. The predicted molar refractivity (Wildman–Crippen MR) is 114 cm³/mol. The lowest BCUT2D eigenvalue weighted by molar-refractivity contribution is -0.384. The Morgan fingerprint density at radius 1 is 1.09 bits per heavy atom. The van der Waals surface area contributed by atoms with Gasteiger partial charge in [-0.25, -0.2) is 0 Å². The van der Waals surface area contributed by atoms with E-state index in [2.05, 4.69) is 10.3 Å². The van der Waals surface area contributed by atoms with Crippen molar-refractivity contribution in [2.45, 2.75) is 6.18 Å². The summed E-state index contributed by atoms with van der Waals surface area (Å²) < 4.78 is 40.6. The molecule has 0 atom stereocenters. The SMILES string of the molecule is CN(C)CCNC(=O)c1cc(-c2ccccc2C(F)(F)F)[nH]c1-c1ccccc1[N+](=O)[O-]. The fourth-order valence-electron chi connectivity index (χ4n) is 3.29. The fourth-order valence-corrected chi connectivity index (χ4v) is 3.29. The first kappa shape index (κ1) is 23.0. The molecule has 0 radical (unpaired) electrons. The van der Waals surface area contributed by atoms with E-state index < -0.39 is 22.6 Å². The summed E-state index contributed by atoms with van der Waals surface area (Å²) in [4.78, 5) is 28.5. The van der Waals surface area contributed by atoms with Crippen LogP contribution in [0.2, 0.25) is 0 Å². The Hall–Kier alpha value is -3.66. The molecule has 0 aliphatic heterocycles. The van der Waals surface area contributed by atoms with E-state index in [0.717, 1.165) is 6.07 Å². The van der Waals surface area contributed by atoms with E-state index in [9.17, 15) is 28.1 Å². The van der Waals surface area contributed by atoms with Gasteiger partial charge in [0.2, 0.25) is 0 Å². The first-order valence-corrected chi connectivity index (χ1v) is 9.66. The van der Waals surface area contributed by atoms with Crippen molar-refractivity contribution in [3.8, 4) is 22.5 Å². The van der Waals surface area contributed by atoms with Gasteiger partial charge < -0.3 is 15.2 Å². The topological polar surface area (TPSA) is 91.3 Å². The van der Waals surface area contributed by atoms with Crippen molar-refractivity contribution < 1.29 is 22.9 Å². The van der Waals surface area contributed by atoms with Gasteiger partial charge in [0.1, 0.15) is 0 Å². The van der Waals surface area contributed by atoms with Gasteiger partial charge in [0, 0.05) is 30.4 Å². The van der Waals surface area contributed by atoms with Crippen LogP contribution in [0.5, 0.6) is 0 Å². The molecule has 168 valence electrons. The number of benzene rings is 2. The van der Waals surface area contributed by atoms with Crippen molar-refractivity contribution >= 4 is 11.6 Å². The highest BCUT2D eigenvalue weighted by Crippen LogP contribution is 2.39. The van der Waals surface area contributed by atoms with Gasteiger partial charge in [-0.05, 0) is 32.3 Å². The Bertz CT molecular complexity index is 1140. The van der Waals surface area contributed by atoms with Crippen LogP contribution in [0.4, 0.5) is 18.9 Å². The van der Waals surface area contributed by atoms with Gasteiger partial charge in [0.25, 0.3) is 11.6 Å². The average Bonchev–Trinajstić information content (AvgIpc) is 3.18. The van der Waals surface area contributed by atoms with E-state index in [1.807, 2.05) is 19.0 Å². The number of nitrogens with one attached hydrogen (secondary N) is 2. The zero-order valence-corrected chi connectivity index (χ0v) is 17.4. The van der Waals surface area contributed by atoms with Crippen molar-refractivity contribution in [3.63, 3.8) is 0 Å². The number of likely N-dealkylation sites (N-methyl/N-ethyl adjacent to an activating group) is 1. The van der Waals surface area contributed by atoms with E-state index in [0.29, 0.717) is 13.1 Å². The monoisotopic (exact) mass is 446 g/mol. The molecule has 1 heterocycles. The second-order valence-corrected chi connectivity index (χ2v) is 7.35. The van der Waals surface area contributed by atoms with Gasteiger partial charge >= 0.3 is 6.18 Å². The number of amides is 1. The number of hydrogen-bond donors (Lipinski definition) is 2. The highest BCUT2D eigenvalue weighted by atomic mass is 19.4. The molecule has 10 heteroatoms. The normalized spacial score (nSPS) is 11.6. The number of carbonyl (C=O) groups excluding carboxylic acids is 1. The molecule has 3 rings (SSSR count). The number of aromatic amines is 1. The van der Waals surface area contributed by atoms with E-state index in [1.54, 1.807) is 6.07 Å². The molecule has 1 aromatic heterocycles. The van der Waals surface area contributed by atoms with Crippen LogP contribution < -0.4 is 5.32 Å². The molecule has 3 aromatic rings. The number of rotatable bonds is 7. The number of para-hydroxylation sites is 1. The van der Waals surface area contributed by atoms with Crippen molar-refractivity contribution in [2.75, 3.05) is 27.2 Å². The molecule has 7 nitrogen and oxygen atoms in total. The maximum absolute atomic E-state index is 13.5. The Kier molecular flexibility index (Phi) is 6.64. The molecule has 2 N–H and O–H groups in total. The molecule has 0 spiro atoms. The molecule has 0 bridgehead atoms. The lowest BCUT2D eigenvalue weighted by atomic mass is 10.0. The fraction of sp³-hybridized carbons (Fsp3) is 0.227. The Balaban J connectivity index is 2.16. The number of hydrogen-bond acceptors (Lipinski definition) is 4. The number of halogens is 3. The van der Waals surface area contributed by atoms with Crippen LogP contribution in [0.15, 0.2) is 54.6 Å². The van der Waals surface area contributed by atoms with Gasteiger partial charge in [-0.3, -0.25) is 14.9 Å². The Morgan fingerprint density at radius 3 is 2.34 bits per heavy atom. The summed E-state index contributed by atoms with van der Waals surface area (Å²) in [5, 5.41) is 14.2. The van der Waals surface area contributed by atoms with Gasteiger partial charge in [-0.15, -0.1) is 0 Å². The number of nitro benzene ring substituents is 1. The third kappa shape index (κ3) is 4.97. The quantitative estimate of drug-likeness (QED) is 0.411. The minimum absolute atomic E-state index is 0.0185. The average molecular weight is 446 g/mol. The van der Waals surface area contributed by atoms with Crippen LogP contribution in [0.1, 0.15) is 15.9 Å². The lowest BCUT2D eigenvalue weighted by Crippen LogP contribution is -2.31. The first-order chi connectivity index (χ1) is 15.1. The van der Waals surface area contributed by atoms with Crippen LogP contribution in [-0.4, -0.2) is 47.9 Å². The van der Waals surface area contributed by atoms with Crippen molar-refractivity contribution in [2.24, 2.45) is 0 Å². The highest BCUT2D eigenvalue weighted by Gasteiger charge is 2.34. The minimum atomic E-state index is -4.62. The zero-order chi connectivity index (χ0) is 23.5. The number of alkyl halides is 3. The summed E-state index contributed by atoms with van der Waals surface area (Å²) in [7, 11) is 3.65. The van der Waals surface area contributed by atoms with Crippen LogP contribution in [-0.2, 0) is 6.18 Å². The van der Waals surface area contributed by atoms with E-state index in [1.165, 1.54) is 42.5 Å². The minimum Gasteiger partial charge on any atom is -0.354 e. The van der Waals surface area contributed by atoms with Crippen molar-refractivity contribution in [1.29, 1.82) is 0 Å². The molecular weight excluding hydrogens is 425 g/mol. The summed E-state index contributed by atoms with van der Waals surface area (Å²) >= 11 is 0. The van der Waals surface area contributed by atoms with Gasteiger partial charge in [-0.1, -0.05) is 30.3 Å². The summed E-state index contributed by atoms with van der Waals surface area (Å²) in [6.45, 7) is 0.836. The van der Waals surface area contributed by atoms with Crippen molar-refractivity contribution in [3.05, 3.63) is 75.8 Å². The summed E-state index contributed by atoms with van der Waals surface area (Å²) in [6, 6.07) is 12.0. The Labute approximate surface area is 182 Å². The van der Waals surface area contributed by atoms with E-state index >= 15 is 0 Å². The molecule has 0 aliphatic rings. The zero-order valence-electron chi connectivity index (χ0n) is 17.4. The summed E-state index contributed by atoms with van der Waals surface area (Å²) in [5.41, 5.74) is -1.08. The third-order valence-corrected chi connectivity index (χ3v) is 4.80. The molecule has 0 fully saturated rings. The third-order valence-electron chi connectivity index (χ3n) is 4.80. The summed E-state index contributed by atoms with van der Waals surface area (Å²) in [6.07, 6.45) is -4.62. The molecule has 0 saturated carbocycles. The number of nitro groups is 1. The van der Waals surface area contributed by atoms with Crippen LogP contribution >= 0.6 is 0 Å². The standard InChI is InChI=1S/C22H21F3N4O3/c1-28(2)12-11-26-21(30)16-13-18(14-7-3-5-9-17(14)22(23,24)25)27-20(16)15-8-4-6-10-19(15)29(31)32/h3-10,13,27H,11-12H2,1-2H3,(H,26,30). The highest BCUT2D eigenvalue weighted by molar-refractivity contribution is 6.02. The predicted octanol–water partition coefficient (Wildman–Crippen LogP) is 4.57. The second kappa shape index (κ2) is 9.23. The molecule has 0 aliphatic carbocycles. The molecule has 0 saturated heterocycles. The molecule has 32 heavy (non-hydrogen) atoms. The van der Waals surface area contributed by atoms with Crippen molar-refractivity contribution in [1.82, 2.24) is 15.2 Å². The van der Waals surface area contributed by atoms with Gasteiger partial charge in [0.05, 0.1) is 27.3 Å². The molecule has 0 unspecified atom stereocenters. The largest absolute Gasteiger partial charge is 0.417 e. The van der Waals surface area contributed by atoms with Crippen LogP contribution in [0.25, 0.3) is 22.5 Å². The first-order valence-electron chi connectivity index (χ1n) is 9.66. The lowest BCUT2D eigenvalue weighted by Gasteiger charge is -2.11. The Morgan fingerprint density at radius 2 is 1.72 bits per heavy atom. The maximum Gasteiger partial charge on any atom is 0.417 e. The van der Waals surface area contributed by atoms with E-state index in [4.69, 9.17) is 0 Å². The molecule has 1 amide bonds.